The molecular weight excluding hydrogens is 550 g/mol. The molecule has 9 nitrogen and oxygen atoms in total. The number of pyridine rings is 1. The number of nitrogens with one attached hydrogen (secondary N) is 2. The van der Waals surface area contributed by atoms with Crippen molar-refractivity contribution in [2.75, 3.05) is 37.9 Å². The van der Waals surface area contributed by atoms with E-state index in [4.69, 9.17) is 14.8 Å². The van der Waals surface area contributed by atoms with E-state index in [9.17, 15) is 4.79 Å². The second kappa shape index (κ2) is 13.2. The Morgan fingerprint density at radius 1 is 0.886 bits per heavy atom. The summed E-state index contributed by atoms with van der Waals surface area (Å²) in [7, 11) is 4.04. The fourth-order valence-electron chi connectivity index (χ4n) is 4.85. The van der Waals surface area contributed by atoms with Gasteiger partial charge in [-0.3, -0.25) is 4.79 Å². The topological polar surface area (TPSA) is 96.7 Å². The molecular formula is C35H33N7O2. The predicted octanol–water partition coefficient (Wildman–Crippen LogP) is 6.32. The molecule has 44 heavy (non-hydrogen) atoms. The molecule has 3 heterocycles. The molecule has 0 atom stereocenters. The molecule has 2 N–H and O–H groups in total. The molecule has 0 aliphatic heterocycles. The third-order valence-corrected chi connectivity index (χ3v) is 7.00. The predicted molar refractivity (Wildman–Crippen MR) is 174 cm³/mol. The first-order valence-corrected chi connectivity index (χ1v) is 14.4. The lowest BCUT2D eigenvalue weighted by Crippen LogP contribution is -2.19. The maximum Gasteiger partial charge on any atom is 0.228 e. The lowest BCUT2D eigenvalue weighted by atomic mass is 10.0. The largest absolute Gasteiger partial charge is 0.492 e. The maximum atomic E-state index is 12.6. The molecule has 0 saturated carbocycles. The van der Waals surface area contributed by atoms with E-state index in [1.807, 2.05) is 128 Å². The van der Waals surface area contributed by atoms with Gasteiger partial charge in [0, 0.05) is 41.9 Å². The molecule has 3 aromatic carbocycles. The number of ether oxygens (including phenoxy) is 1. The summed E-state index contributed by atoms with van der Waals surface area (Å²) < 4.78 is 7.74. The van der Waals surface area contributed by atoms with Crippen LogP contribution in [0.3, 0.4) is 0 Å². The van der Waals surface area contributed by atoms with Crippen LogP contribution in [0.15, 0.2) is 116 Å². The molecule has 0 spiro atoms. The molecule has 0 bridgehead atoms. The van der Waals surface area contributed by atoms with Crippen molar-refractivity contribution in [2.45, 2.75) is 6.42 Å². The highest BCUT2D eigenvalue weighted by Crippen LogP contribution is 2.35. The van der Waals surface area contributed by atoms with Gasteiger partial charge in [-0.25, -0.2) is 14.5 Å². The van der Waals surface area contributed by atoms with E-state index in [1.165, 1.54) is 0 Å². The molecule has 0 unspecified atom stereocenters. The van der Waals surface area contributed by atoms with E-state index in [0.717, 1.165) is 57.3 Å². The Labute approximate surface area is 256 Å². The van der Waals surface area contributed by atoms with Crippen LogP contribution in [0.4, 0.5) is 17.3 Å². The Kier molecular flexibility index (Phi) is 8.56. The second-order valence-electron chi connectivity index (χ2n) is 10.6. The monoisotopic (exact) mass is 583 g/mol. The van der Waals surface area contributed by atoms with Gasteiger partial charge in [-0.05, 0) is 62.1 Å². The zero-order valence-electron chi connectivity index (χ0n) is 24.6. The van der Waals surface area contributed by atoms with Crippen LogP contribution in [-0.2, 0) is 11.2 Å². The second-order valence-corrected chi connectivity index (χ2v) is 10.6. The number of likely N-dealkylation sites (N-methyl/N-ethyl adjacent to an activating group) is 1. The summed E-state index contributed by atoms with van der Waals surface area (Å²) in [6.45, 7) is 1.43. The van der Waals surface area contributed by atoms with Gasteiger partial charge in [0.15, 0.2) is 0 Å². The number of carbonyl (C=O) groups is 1. The number of hydrogen-bond donors (Lipinski definition) is 2. The first kappa shape index (κ1) is 28.6. The molecule has 0 fully saturated rings. The normalized spacial score (nSPS) is 11.1. The van der Waals surface area contributed by atoms with Crippen molar-refractivity contribution < 1.29 is 9.53 Å². The van der Waals surface area contributed by atoms with E-state index in [1.54, 1.807) is 6.20 Å². The highest BCUT2D eigenvalue weighted by molar-refractivity contribution is 5.94. The van der Waals surface area contributed by atoms with Gasteiger partial charge in [-0.1, -0.05) is 54.6 Å². The molecule has 0 aliphatic carbocycles. The van der Waals surface area contributed by atoms with Crippen molar-refractivity contribution >= 4 is 28.7 Å². The first-order valence-electron chi connectivity index (χ1n) is 14.4. The number of hydrogen-bond acceptors (Lipinski definition) is 7. The van der Waals surface area contributed by atoms with E-state index in [0.29, 0.717) is 19.0 Å². The van der Waals surface area contributed by atoms with Crippen LogP contribution in [0, 0.1) is 0 Å². The van der Waals surface area contributed by atoms with Crippen LogP contribution in [0.1, 0.15) is 5.56 Å². The third kappa shape index (κ3) is 6.91. The molecule has 1 amide bonds. The van der Waals surface area contributed by atoms with Gasteiger partial charge in [0.2, 0.25) is 11.9 Å². The third-order valence-electron chi connectivity index (χ3n) is 7.00. The van der Waals surface area contributed by atoms with Gasteiger partial charge in [0.05, 0.1) is 23.2 Å². The number of amides is 1. The molecule has 0 saturated heterocycles. The van der Waals surface area contributed by atoms with Gasteiger partial charge in [-0.15, -0.1) is 0 Å². The highest BCUT2D eigenvalue weighted by Gasteiger charge is 2.18. The Morgan fingerprint density at radius 2 is 1.70 bits per heavy atom. The number of carbonyl (C=O) groups excluding carboxylic acids is 1. The molecule has 220 valence electrons. The average molecular weight is 584 g/mol. The summed E-state index contributed by atoms with van der Waals surface area (Å²) in [6, 6.07) is 33.0. The summed E-state index contributed by atoms with van der Waals surface area (Å²) in [6.07, 6.45) is 3.98. The van der Waals surface area contributed by atoms with Gasteiger partial charge in [0.1, 0.15) is 18.1 Å². The zero-order chi connectivity index (χ0) is 30.3. The van der Waals surface area contributed by atoms with Gasteiger partial charge in [0.25, 0.3) is 0 Å². The number of anilines is 3. The first-order chi connectivity index (χ1) is 21.5. The van der Waals surface area contributed by atoms with E-state index in [2.05, 4.69) is 20.5 Å². The Morgan fingerprint density at radius 3 is 2.52 bits per heavy atom. The molecule has 6 aromatic rings. The van der Waals surface area contributed by atoms with Crippen molar-refractivity contribution in [1.29, 1.82) is 0 Å². The Hall–Kier alpha value is -5.54. The highest BCUT2D eigenvalue weighted by atomic mass is 16.5. The minimum absolute atomic E-state index is 0.0657. The molecule has 0 aliphatic rings. The summed E-state index contributed by atoms with van der Waals surface area (Å²) in [5, 5.41) is 11.2. The lowest BCUT2D eigenvalue weighted by Gasteiger charge is -2.12. The van der Waals surface area contributed by atoms with E-state index in [-0.39, 0.29) is 5.91 Å². The van der Waals surface area contributed by atoms with Gasteiger partial charge in [-0.2, -0.15) is 5.10 Å². The van der Waals surface area contributed by atoms with Crippen LogP contribution in [-0.4, -0.2) is 57.6 Å². The molecule has 3 aromatic heterocycles. The van der Waals surface area contributed by atoms with Crippen molar-refractivity contribution in [3.05, 3.63) is 121 Å². The summed E-state index contributed by atoms with van der Waals surface area (Å²) in [5.41, 5.74) is 6.74. The fourth-order valence-corrected chi connectivity index (χ4v) is 4.85. The van der Waals surface area contributed by atoms with Crippen LogP contribution in [0.5, 0.6) is 5.75 Å². The Balaban J connectivity index is 1.24. The summed E-state index contributed by atoms with van der Waals surface area (Å²) in [4.78, 5) is 24.0. The number of nitrogens with zero attached hydrogens (tertiary/aromatic N) is 5. The van der Waals surface area contributed by atoms with E-state index < -0.39 is 0 Å². The molecule has 0 radical (unpaired) electrons. The lowest BCUT2D eigenvalue weighted by molar-refractivity contribution is -0.115. The number of fused-ring (bicyclic) bond motifs is 1. The molecule has 6 rings (SSSR count). The number of benzene rings is 3. The van der Waals surface area contributed by atoms with Crippen molar-refractivity contribution in [3.63, 3.8) is 0 Å². The number of rotatable bonds is 11. The standard InChI is InChI=1S/C35H33N7O2/c1-41(2)21-22-44-29-12-8-11-28(24-29)38-35-36-19-18-30(39-35)33-31-13-6-7-20-42(31)40-34(33)26-14-16-27(17-15-26)37-32(43)23-25-9-4-3-5-10-25/h3-20,24H,21-23H2,1-2H3,(H,37,43)(H,36,38,39). The minimum Gasteiger partial charge on any atom is -0.492 e. The van der Waals surface area contributed by atoms with Crippen LogP contribution >= 0.6 is 0 Å². The van der Waals surface area contributed by atoms with Crippen molar-refractivity contribution in [2.24, 2.45) is 0 Å². The van der Waals surface area contributed by atoms with E-state index >= 15 is 0 Å². The van der Waals surface area contributed by atoms with Crippen LogP contribution < -0.4 is 15.4 Å². The Bertz CT molecular complexity index is 1870. The number of aromatic nitrogens is 4. The molecule has 9 heteroatoms. The average Bonchev–Trinajstić information content (AvgIpc) is 3.42. The summed E-state index contributed by atoms with van der Waals surface area (Å²) in [5.74, 6) is 1.17. The minimum atomic E-state index is -0.0657. The fraction of sp³-hybridized carbons (Fsp3) is 0.143. The van der Waals surface area contributed by atoms with Gasteiger partial charge >= 0.3 is 0 Å². The smallest absolute Gasteiger partial charge is 0.228 e. The van der Waals surface area contributed by atoms with Crippen LogP contribution in [0.2, 0.25) is 0 Å². The van der Waals surface area contributed by atoms with Gasteiger partial charge < -0.3 is 20.3 Å². The zero-order valence-corrected chi connectivity index (χ0v) is 24.6. The van der Waals surface area contributed by atoms with Crippen molar-refractivity contribution in [3.8, 4) is 28.3 Å². The maximum absolute atomic E-state index is 12.6. The summed E-state index contributed by atoms with van der Waals surface area (Å²) >= 11 is 0. The quantitative estimate of drug-likeness (QED) is 0.184. The van der Waals surface area contributed by atoms with Crippen LogP contribution in [0.25, 0.3) is 28.0 Å². The van der Waals surface area contributed by atoms with Crippen molar-refractivity contribution in [1.82, 2.24) is 24.5 Å². The SMILES string of the molecule is CN(C)CCOc1cccc(Nc2nccc(-c3c(-c4ccc(NC(=O)Cc5ccccc5)cc4)nn4ccccc34)n2)c1.